The van der Waals surface area contributed by atoms with Crippen LogP contribution in [0.15, 0.2) is 34.8 Å². The van der Waals surface area contributed by atoms with Crippen LogP contribution in [-0.4, -0.2) is 17.5 Å². The van der Waals surface area contributed by atoms with E-state index in [0.29, 0.717) is 17.1 Å². The molecule has 0 aliphatic heterocycles. The van der Waals surface area contributed by atoms with Crippen LogP contribution >= 0.6 is 15.9 Å². The van der Waals surface area contributed by atoms with Gasteiger partial charge in [0.15, 0.2) is 6.61 Å². The fourth-order valence-electron chi connectivity index (χ4n) is 2.27. The van der Waals surface area contributed by atoms with E-state index >= 15 is 0 Å². The summed E-state index contributed by atoms with van der Waals surface area (Å²) in [7, 11) is 0. The molecule has 2 aromatic carbocycles. The third-order valence-electron chi connectivity index (χ3n) is 3.36. The molecule has 0 radical (unpaired) electrons. The van der Waals surface area contributed by atoms with Gasteiger partial charge in [0.25, 0.3) is 5.69 Å². The lowest BCUT2D eigenvalue weighted by molar-refractivity contribution is -0.385. The molecule has 0 saturated heterocycles. The molecule has 0 amide bonds. The summed E-state index contributed by atoms with van der Waals surface area (Å²) in [4.78, 5) is 22.3. The second-order valence-electron chi connectivity index (χ2n) is 5.34. The molecule has 0 fully saturated rings. The number of aryl methyl sites for hydroxylation is 3. The minimum Gasteiger partial charge on any atom is -0.482 e. The third kappa shape index (κ3) is 4.32. The summed E-state index contributed by atoms with van der Waals surface area (Å²) in [6.45, 7) is 5.02. The summed E-state index contributed by atoms with van der Waals surface area (Å²) in [5.74, 6) is 0.338. The summed E-state index contributed by atoms with van der Waals surface area (Å²) in [5.41, 5.74) is 2.14. The lowest BCUT2D eigenvalue weighted by Gasteiger charge is -2.12. The number of nitro benzene ring substituents is 1. The van der Waals surface area contributed by atoms with Gasteiger partial charge in [-0.15, -0.1) is 0 Å². The molecule has 0 N–H and O–H groups in total. The van der Waals surface area contributed by atoms with Crippen LogP contribution in [0, 0.1) is 30.9 Å². The highest BCUT2D eigenvalue weighted by Gasteiger charge is 2.14. The molecular formula is C17H16BrNO5. The molecule has 0 spiro atoms. The van der Waals surface area contributed by atoms with Crippen molar-refractivity contribution < 1.29 is 19.2 Å². The number of hydrogen-bond acceptors (Lipinski definition) is 5. The van der Waals surface area contributed by atoms with E-state index in [-0.39, 0.29) is 12.3 Å². The molecule has 2 aromatic rings. The van der Waals surface area contributed by atoms with Gasteiger partial charge in [-0.2, -0.15) is 0 Å². The average Bonchev–Trinajstić information content (AvgIpc) is 2.48. The highest BCUT2D eigenvalue weighted by molar-refractivity contribution is 9.10. The van der Waals surface area contributed by atoms with Crippen LogP contribution in [0.1, 0.15) is 16.7 Å². The number of nitrogens with zero attached hydrogens (tertiary/aromatic N) is 1. The van der Waals surface area contributed by atoms with Crippen molar-refractivity contribution in [2.24, 2.45) is 0 Å². The zero-order valence-electron chi connectivity index (χ0n) is 13.5. The molecule has 0 unspecified atom stereocenters. The van der Waals surface area contributed by atoms with Gasteiger partial charge in [-0.1, -0.05) is 15.9 Å². The van der Waals surface area contributed by atoms with E-state index in [4.69, 9.17) is 9.47 Å². The third-order valence-corrected chi connectivity index (χ3v) is 3.82. The molecule has 0 aromatic heterocycles. The number of halogens is 1. The smallest absolute Gasteiger partial charge is 0.349 e. The standard InChI is InChI=1S/C17H16BrNO5/c1-10-8-14(4-5-15(10)19(21)22)23-9-16(20)24-17-11(2)6-13(18)7-12(17)3/h4-8H,9H2,1-3H3. The highest BCUT2D eigenvalue weighted by Crippen LogP contribution is 2.27. The predicted octanol–water partition coefficient (Wildman–Crippen LogP) is 4.27. The van der Waals surface area contributed by atoms with E-state index in [0.717, 1.165) is 15.6 Å². The number of rotatable bonds is 5. The fourth-order valence-corrected chi connectivity index (χ4v) is 2.95. The van der Waals surface area contributed by atoms with Crippen LogP contribution < -0.4 is 9.47 Å². The summed E-state index contributed by atoms with van der Waals surface area (Å²) in [6.07, 6.45) is 0. The predicted molar refractivity (Wildman–Crippen MR) is 92.6 cm³/mol. The van der Waals surface area contributed by atoms with Gasteiger partial charge in [0.05, 0.1) is 4.92 Å². The number of carbonyl (C=O) groups excluding carboxylic acids is 1. The second kappa shape index (κ2) is 7.44. The van der Waals surface area contributed by atoms with Crippen molar-refractivity contribution in [3.63, 3.8) is 0 Å². The Morgan fingerprint density at radius 3 is 2.29 bits per heavy atom. The highest BCUT2D eigenvalue weighted by atomic mass is 79.9. The Morgan fingerprint density at radius 2 is 1.75 bits per heavy atom. The van der Waals surface area contributed by atoms with Gasteiger partial charge in [-0.3, -0.25) is 10.1 Å². The van der Waals surface area contributed by atoms with Gasteiger partial charge >= 0.3 is 5.97 Å². The van der Waals surface area contributed by atoms with Gasteiger partial charge < -0.3 is 9.47 Å². The molecule has 0 aliphatic carbocycles. The Bertz CT molecular complexity index is 781. The first-order chi connectivity index (χ1) is 11.3. The number of nitro groups is 1. The minimum atomic E-state index is -0.542. The Balaban J connectivity index is 2.02. The van der Waals surface area contributed by atoms with Crippen LogP contribution in [0.5, 0.6) is 11.5 Å². The van der Waals surface area contributed by atoms with E-state index < -0.39 is 10.9 Å². The number of ether oxygens (including phenoxy) is 2. The zero-order valence-corrected chi connectivity index (χ0v) is 15.0. The first-order valence-corrected chi connectivity index (χ1v) is 7.92. The molecule has 24 heavy (non-hydrogen) atoms. The number of carbonyl (C=O) groups is 1. The van der Waals surface area contributed by atoms with E-state index in [1.807, 2.05) is 26.0 Å². The van der Waals surface area contributed by atoms with Gasteiger partial charge in [0.2, 0.25) is 0 Å². The maximum atomic E-state index is 12.0. The van der Waals surface area contributed by atoms with Crippen LogP contribution in [0.3, 0.4) is 0 Å². The van der Waals surface area contributed by atoms with Crippen molar-refractivity contribution in [2.75, 3.05) is 6.61 Å². The first kappa shape index (κ1) is 17.9. The van der Waals surface area contributed by atoms with Crippen molar-refractivity contribution in [1.29, 1.82) is 0 Å². The van der Waals surface area contributed by atoms with Crippen LogP contribution in [-0.2, 0) is 4.79 Å². The van der Waals surface area contributed by atoms with Crippen molar-refractivity contribution in [3.05, 3.63) is 61.6 Å². The van der Waals surface area contributed by atoms with E-state index in [1.165, 1.54) is 18.2 Å². The lowest BCUT2D eigenvalue weighted by atomic mass is 10.1. The Kier molecular flexibility index (Phi) is 5.56. The van der Waals surface area contributed by atoms with E-state index in [2.05, 4.69) is 15.9 Å². The average molecular weight is 394 g/mol. The zero-order chi connectivity index (χ0) is 17.9. The topological polar surface area (TPSA) is 78.7 Å². The van der Waals surface area contributed by atoms with Crippen molar-refractivity contribution >= 4 is 27.6 Å². The largest absolute Gasteiger partial charge is 0.482 e. The number of hydrogen-bond donors (Lipinski definition) is 0. The molecule has 0 heterocycles. The molecule has 0 saturated carbocycles. The van der Waals surface area contributed by atoms with Gasteiger partial charge in [-0.05, 0) is 56.2 Å². The quantitative estimate of drug-likeness (QED) is 0.328. The molecule has 0 atom stereocenters. The minimum absolute atomic E-state index is 0.00559. The molecule has 0 bridgehead atoms. The number of benzene rings is 2. The van der Waals surface area contributed by atoms with Crippen molar-refractivity contribution in [2.45, 2.75) is 20.8 Å². The fraction of sp³-hybridized carbons (Fsp3) is 0.235. The molecule has 126 valence electrons. The van der Waals surface area contributed by atoms with Gasteiger partial charge in [0.1, 0.15) is 11.5 Å². The van der Waals surface area contributed by atoms with Crippen LogP contribution in [0.25, 0.3) is 0 Å². The van der Waals surface area contributed by atoms with E-state index in [1.54, 1.807) is 6.92 Å². The summed E-state index contributed by atoms with van der Waals surface area (Å²) in [5, 5.41) is 10.8. The van der Waals surface area contributed by atoms with Crippen LogP contribution in [0.2, 0.25) is 0 Å². The molecule has 0 aliphatic rings. The Labute approximate surface area is 147 Å². The Hall–Kier alpha value is -2.41. The van der Waals surface area contributed by atoms with Crippen molar-refractivity contribution in [1.82, 2.24) is 0 Å². The first-order valence-electron chi connectivity index (χ1n) is 7.13. The van der Waals surface area contributed by atoms with Crippen LogP contribution in [0.4, 0.5) is 5.69 Å². The lowest BCUT2D eigenvalue weighted by Crippen LogP contribution is -2.18. The monoisotopic (exact) mass is 393 g/mol. The maximum Gasteiger partial charge on any atom is 0.349 e. The maximum absolute atomic E-state index is 12.0. The normalized spacial score (nSPS) is 10.3. The molecule has 2 rings (SSSR count). The SMILES string of the molecule is Cc1cc(OCC(=O)Oc2c(C)cc(Br)cc2C)ccc1[N+](=O)[O-]. The van der Waals surface area contributed by atoms with Crippen molar-refractivity contribution in [3.8, 4) is 11.5 Å². The van der Waals surface area contributed by atoms with Gasteiger partial charge in [0, 0.05) is 16.1 Å². The Morgan fingerprint density at radius 1 is 1.12 bits per heavy atom. The summed E-state index contributed by atoms with van der Waals surface area (Å²) in [6, 6.07) is 8.03. The second-order valence-corrected chi connectivity index (χ2v) is 6.25. The molecule has 6 nitrogen and oxygen atoms in total. The molecular weight excluding hydrogens is 378 g/mol. The summed E-state index contributed by atoms with van der Waals surface area (Å²) >= 11 is 3.38. The molecule has 7 heteroatoms. The van der Waals surface area contributed by atoms with E-state index in [9.17, 15) is 14.9 Å². The van der Waals surface area contributed by atoms with Gasteiger partial charge in [-0.25, -0.2) is 4.79 Å². The summed E-state index contributed by atoms with van der Waals surface area (Å²) < 4.78 is 11.6. The number of esters is 1.